The Bertz CT molecular complexity index is 431. The minimum absolute atomic E-state index is 0.485. The second kappa shape index (κ2) is 6.96. The van der Waals surface area contributed by atoms with Crippen molar-refractivity contribution in [2.45, 2.75) is 12.2 Å². The first-order valence-electron chi connectivity index (χ1n) is 5.59. The Kier molecular flexibility index (Phi) is 5.59. The van der Waals surface area contributed by atoms with Crippen molar-refractivity contribution in [3.63, 3.8) is 0 Å². The number of hydrogen-bond donors (Lipinski definition) is 1. The van der Waals surface area contributed by atoms with Gasteiger partial charge in [0.05, 0.1) is 21.3 Å². The molecule has 0 bridgehead atoms. The van der Waals surface area contributed by atoms with Gasteiger partial charge in [-0.05, 0) is 17.7 Å². The standard InChI is InChI=1S/C13H18O6/c1-16-9-6-5-8(7-10(9)17-2)12(18-3)11(14)13(15)19-4/h5-7,11-12,14H,1-4H3/t11-,12+/m0/s1. The Morgan fingerprint density at radius 2 is 1.74 bits per heavy atom. The number of aliphatic hydroxyl groups excluding tert-OH is 1. The molecule has 0 saturated carbocycles. The highest BCUT2D eigenvalue weighted by Crippen LogP contribution is 2.32. The molecule has 6 nitrogen and oxygen atoms in total. The first-order chi connectivity index (χ1) is 9.08. The van der Waals surface area contributed by atoms with E-state index in [2.05, 4.69) is 4.74 Å². The van der Waals surface area contributed by atoms with Crippen LogP contribution in [0.3, 0.4) is 0 Å². The van der Waals surface area contributed by atoms with E-state index in [0.717, 1.165) is 0 Å². The monoisotopic (exact) mass is 270 g/mol. The number of benzene rings is 1. The van der Waals surface area contributed by atoms with Crippen LogP contribution in [0.25, 0.3) is 0 Å². The molecule has 0 spiro atoms. The summed E-state index contributed by atoms with van der Waals surface area (Å²) >= 11 is 0. The van der Waals surface area contributed by atoms with Gasteiger partial charge in [0.15, 0.2) is 17.6 Å². The van der Waals surface area contributed by atoms with Crippen LogP contribution in [-0.2, 0) is 14.3 Å². The van der Waals surface area contributed by atoms with E-state index in [4.69, 9.17) is 14.2 Å². The molecule has 0 fully saturated rings. The van der Waals surface area contributed by atoms with E-state index in [0.29, 0.717) is 17.1 Å². The van der Waals surface area contributed by atoms with Crippen molar-refractivity contribution in [2.75, 3.05) is 28.4 Å². The molecule has 0 heterocycles. The summed E-state index contributed by atoms with van der Waals surface area (Å²) in [5, 5.41) is 9.85. The second-order valence-electron chi connectivity index (χ2n) is 3.74. The molecule has 0 aromatic heterocycles. The Balaban J connectivity index is 3.08. The number of hydrogen-bond acceptors (Lipinski definition) is 6. The lowest BCUT2D eigenvalue weighted by Crippen LogP contribution is -2.30. The van der Waals surface area contributed by atoms with Gasteiger partial charge in [0.1, 0.15) is 6.10 Å². The molecule has 0 unspecified atom stereocenters. The molecular weight excluding hydrogens is 252 g/mol. The van der Waals surface area contributed by atoms with Gasteiger partial charge in [-0.25, -0.2) is 4.79 Å². The quantitative estimate of drug-likeness (QED) is 0.775. The maximum absolute atomic E-state index is 11.4. The molecule has 2 atom stereocenters. The SMILES string of the molecule is COC(=O)[C@@H](O)[C@H](OC)c1ccc(OC)c(OC)c1. The molecule has 0 radical (unpaired) electrons. The number of aliphatic hydroxyl groups is 1. The van der Waals surface area contributed by atoms with E-state index < -0.39 is 18.2 Å². The van der Waals surface area contributed by atoms with Crippen LogP contribution in [-0.4, -0.2) is 45.6 Å². The molecule has 1 rings (SSSR count). The van der Waals surface area contributed by atoms with Crippen molar-refractivity contribution in [2.24, 2.45) is 0 Å². The van der Waals surface area contributed by atoms with Gasteiger partial charge in [-0.2, -0.15) is 0 Å². The fourth-order valence-electron chi connectivity index (χ4n) is 1.72. The van der Waals surface area contributed by atoms with E-state index >= 15 is 0 Å². The summed E-state index contributed by atoms with van der Waals surface area (Å²) in [6, 6.07) is 4.99. The number of ether oxygens (including phenoxy) is 4. The molecule has 0 aliphatic rings. The highest BCUT2D eigenvalue weighted by molar-refractivity contribution is 5.75. The number of esters is 1. The van der Waals surface area contributed by atoms with E-state index in [9.17, 15) is 9.90 Å². The van der Waals surface area contributed by atoms with Gasteiger partial charge in [-0.3, -0.25) is 0 Å². The highest BCUT2D eigenvalue weighted by Gasteiger charge is 2.29. The Morgan fingerprint density at radius 3 is 2.21 bits per heavy atom. The zero-order valence-corrected chi connectivity index (χ0v) is 11.4. The predicted molar refractivity (Wildman–Crippen MR) is 67.3 cm³/mol. The van der Waals surface area contributed by atoms with Gasteiger partial charge < -0.3 is 24.1 Å². The Morgan fingerprint density at radius 1 is 1.11 bits per heavy atom. The number of methoxy groups -OCH3 is 4. The third-order valence-corrected chi connectivity index (χ3v) is 2.72. The average Bonchev–Trinajstić information content (AvgIpc) is 2.46. The van der Waals surface area contributed by atoms with Crippen molar-refractivity contribution in [3.05, 3.63) is 23.8 Å². The maximum atomic E-state index is 11.4. The third-order valence-electron chi connectivity index (χ3n) is 2.72. The zero-order chi connectivity index (χ0) is 14.4. The first kappa shape index (κ1) is 15.3. The van der Waals surface area contributed by atoms with Crippen LogP contribution < -0.4 is 9.47 Å². The number of carbonyl (C=O) groups excluding carboxylic acids is 1. The minimum atomic E-state index is -1.41. The Hall–Kier alpha value is -1.79. The van der Waals surface area contributed by atoms with Crippen LogP contribution >= 0.6 is 0 Å². The van der Waals surface area contributed by atoms with Crippen molar-refractivity contribution >= 4 is 5.97 Å². The summed E-state index contributed by atoms with van der Waals surface area (Å²) in [5.41, 5.74) is 0.582. The van der Waals surface area contributed by atoms with Crippen molar-refractivity contribution in [1.82, 2.24) is 0 Å². The molecule has 0 amide bonds. The lowest BCUT2D eigenvalue weighted by atomic mass is 10.0. The van der Waals surface area contributed by atoms with Gasteiger partial charge in [0, 0.05) is 7.11 Å². The molecule has 106 valence electrons. The first-order valence-corrected chi connectivity index (χ1v) is 5.59. The van der Waals surface area contributed by atoms with E-state index in [-0.39, 0.29) is 0 Å². The molecule has 0 saturated heterocycles. The number of carbonyl (C=O) groups is 1. The molecule has 0 aliphatic heterocycles. The summed E-state index contributed by atoms with van der Waals surface area (Å²) in [7, 11) is 5.62. The van der Waals surface area contributed by atoms with Gasteiger partial charge in [-0.15, -0.1) is 0 Å². The van der Waals surface area contributed by atoms with Crippen molar-refractivity contribution < 1.29 is 28.8 Å². The zero-order valence-electron chi connectivity index (χ0n) is 11.4. The van der Waals surface area contributed by atoms with Crippen LogP contribution in [0.2, 0.25) is 0 Å². The molecular formula is C13H18O6. The summed E-state index contributed by atoms with van der Waals surface area (Å²) in [4.78, 5) is 11.4. The lowest BCUT2D eigenvalue weighted by molar-refractivity contribution is -0.158. The lowest BCUT2D eigenvalue weighted by Gasteiger charge is -2.21. The Labute approximate surface area is 111 Å². The van der Waals surface area contributed by atoms with Crippen LogP contribution in [0.5, 0.6) is 11.5 Å². The smallest absolute Gasteiger partial charge is 0.337 e. The fraction of sp³-hybridized carbons (Fsp3) is 0.462. The van der Waals surface area contributed by atoms with Gasteiger partial charge in [0.2, 0.25) is 0 Å². The molecule has 1 aromatic rings. The third kappa shape index (κ3) is 3.36. The van der Waals surface area contributed by atoms with Crippen LogP contribution in [0, 0.1) is 0 Å². The number of rotatable bonds is 6. The normalized spacial score (nSPS) is 13.5. The van der Waals surface area contributed by atoms with Gasteiger partial charge in [0.25, 0.3) is 0 Å². The van der Waals surface area contributed by atoms with E-state index in [1.807, 2.05) is 0 Å². The average molecular weight is 270 g/mol. The fourth-order valence-corrected chi connectivity index (χ4v) is 1.72. The molecule has 19 heavy (non-hydrogen) atoms. The van der Waals surface area contributed by atoms with Gasteiger partial charge in [-0.1, -0.05) is 6.07 Å². The summed E-state index contributed by atoms with van der Waals surface area (Å²) in [6.45, 7) is 0. The van der Waals surface area contributed by atoms with Crippen molar-refractivity contribution in [3.8, 4) is 11.5 Å². The van der Waals surface area contributed by atoms with Crippen LogP contribution in [0.15, 0.2) is 18.2 Å². The second-order valence-corrected chi connectivity index (χ2v) is 3.74. The molecule has 1 aromatic carbocycles. The molecule has 6 heteroatoms. The van der Waals surface area contributed by atoms with E-state index in [1.54, 1.807) is 18.2 Å². The minimum Gasteiger partial charge on any atom is -0.493 e. The summed E-state index contributed by atoms with van der Waals surface area (Å²) in [6.07, 6.45) is -2.25. The predicted octanol–water partition coefficient (Wildman–Crippen LogP) is 0.925. The maximum Gasteiger partial charge on any atom is 0.337 e. The van der Waals surface area contributed by atoms with Crippen LogP contribution in [0.4, 0.5) is 0 Å². The summed E-state index contributed by atoms with van der Waals surface area (Å²) < 4.78 is 19.9. The topological polar surface area (TPSA) is 74.2 Å². The van der Waals surface area contributed by atoms with Gasteiger partial charge >= 0.3 is 5.97 Å². The summed E-state index contributed by atoms with van der Waals surface area (Å²) in [5.74, 6) is 0.273. The molecule has 0 aliphatic carbocycles. The largest absolute Gasteiger partial charge is 0.493 e. The van der Waals surface area contributed by atoms with E-state index in [1.165, 1.54) is 28.4 Å². The highest BCUT2D eigenvalue weighted by atomic mass is 16.5. The molecule has 1 N–H and O–H groups in total. The van der Waals surface area contributed by atoms with Crippen molar-refractivity contribution in [1.29, 1.82) is 0 Å². The van der Waals surface area contributed by atoms with Crippen LogP contribution in [0.1, 0.15) is 11.7 Å².